The first-order valence-electron chi connectivity index (χ1n) is 7.24. The van der Waals surface area contributed by atoms with E-state index in [1.54, 1.807) is 7.11 Å². The summed E-state index contributed by atoms with van der Waals surface area (Å²) < 4.78 is 6.31. The lowest BCUT2D eigenvalue weighted by Crippen LogP contribution is -2.60. The zero-order valence-corrected chi connectivity index (χ0v) is 11.6. The normalized spacial score (nSPS) is 29.2. The molecular weight excluding hydrogens is 238 g/mol. The number of nitrogens with zero attached hydrogens (tertiary/aromatic N) is 1. The Morgan fingerprint density at radius 2 is 1.84 bits per heavy atom. The first-order valence-corrected chi connectivity index (χ1v) is 7.24. The number of piperidine rings is 3. The molecule has 3 heterocycles. The van der Waals surface area contributed by atoms with Crippen LogP contribution in [-0.4, -0.2) is 43.6 Å². The lowest BCUT2D eigenvalue weighted by Gasteiger charge is -2.48. The number of carbonyl (C=O) groups excluding carboxylic acids is 1. The van der Waals surface area contributed by atoms with Crippen LogP contribution in [0.15, 0.2) is 24.3 Å². The maximum absolute atomic E-state index is 12.6. The second-order valence-corrected chi connectivity index (χ2v) is 6.03. The summed E-state index contributed by atoms with van der Waals surface area (Å²) in [5, 5.41) is 0. The largest absolute Gasteiger partial charge is 0.496 e. The second-order valence-electron chi connectivity index (χ2n) is 6.03. The van der Waals surface area contributed by atoms with E-state index in [0.29, 0.717) is 12.3 Å². The van der Waals surface area contributed by atoms with Crippen LogP contribution in [0.4, 0.5) is 0 Å². The predicted molar refractivity (Wildman–Crippen MR) is 74.4 cm³/mol. The van der Waals surface area contributed by atoms with E-state index in [-0.39, 0.29) is 5.78 Å². The van der Waals surface area contributed by atoms with Crippen molar-refractivity contribution in [2.75, 3.05) is 33.3 Å². The third kappa shape index (κ3) is 2.39. The van der Waals surface area contributed by atoms with Crippen molar-refractivity contribution in [3.8, 4) is 5.75 Å². The van der Waals surface area contributed by atoms with Gasteiger partial charge in [-0.05, 0) is 37.3 Å². The molecule has 0 radical (unpaired) electrons. The molecule has 3 aliphatic heterocycles. The molecule has 0 atom stereocenters. The summed E-state index contributed by atoms with van der Waals surface area (Å²) in [5.41, 5.74) is 0.741. The number of fused-ring (bicyclic) bond motifs is 3. The van der Waals surface area contributed by atoms with Gasteiger partial charge in [0.05, 0.1) is 32.3 Å². The number of para-hydroxylation sites is 1. The molecule has 3 heteroatoms. The van der Waals surface area contributed by atoms with Crippen LogP contribution in [-0.2, 0) is 0 Å². The van der Waals surface area contributed by atoms with Crippen molar-refractivity contribution in [2.45, 2.75) is 19.3 Å². The summed E-state index contributed by atoms with van der Waals surface area (Å²) in [6.45, 7) is 4.20. The number of quaternary nitrogens is 1. The number of carbonyl (C=O) groups is 1. The number of hydrogen-bond acceptors (Lipinski definition) is 2. The third-order valence-electron chi connectivity index (χ3n) is 4.92. The van der Waals surface area contributed by atoms with Gasteiger partial charge in [0.1, 0.15) is 12.3 Å². The van der Waals surface area contributed by atoms with Crippen LogP contribution >= 0.6 is 0 Å². The lowest BCUT2D eigenvalue weighted by atomic mass is 9.85. The fraction of sp³-hybridized carbons (Fsp3) is 0.562. The lowest BCUT2D eigenvalue weighted by molar-refractivity contribution is -0.935. The van der Waals surface area contributed by atoms with Crippen molar-refractivity contribution in [2.24, 2.45) is 5.92 Å². The highest BCUT2D eigenvalue weighted by atomic mass is 16.5. The standard InChI is InChI=1S/C16H22NO2/c1-19-16-5-3-2-4-14(16)15(18)12-17-9-6-13(7-10-17)8-11-17/h2-5,13H,6-12H2,1H3/q+1. The van der Waals surface area contributed by atoms with Gasteiger partial charge in [-0.2, -0.15) is 0 Å². The molecule has 1 aromatic rings. The topological polar surface area (TPSA) is 26.3 Å². The molecule has 0 saturated carbocycles. The molecule has 3 nitrogen and oxygen atoms in total. The third-order valence-corrected chi connectivity index (χ3v) is 4.92. The number of hydrogen-bond donors (Lipinski definition) is 0. The minimum Gasteiger partial charge on any atom is -0.496 e. The van der Waals surface area contributed by atoms with Crippen LogP contribution in [0.2, 0.25) is 0 Å². The zero-order valence-electron chi connectivity index (χ0n) is 11.6. The van der Waals surface area contributed by atoms with E-state index in [1.807, 2.05) is 24.3 Å². The van der Waals surface area contributed by atoms with E-state index >= 15 is 0 Å². The van der Waals surface area contributed by atoms with Gasteiger partial charge in [-0.15, -0.1) is 0 Å². The Hall–Kier alpha value is -1.35. The summed E-state index contributed by atoms with van der Waals surface area (Å²) >= 11 is 0. The van der Waals surface area contributed by atoms with E-state index in [2.05, 4.69) is 0 Å². The Balaban J connectivity index is 1.77. The minimum atomic E-state index is 0.234. The van der Waals surface area contributed by atoms with Crippen molar-refractivity contribution in [1.82, 2.24) is 0 Å². The monoisotopic (exact) mass is 260 g/mol. The van der Waals surface area contributed by atoms with Crippen LogP contribution < -0.4 is 4.74 Å². The summed E-state index contributed by atoms with van der Waals surface area (Å²) in [5.74, 6) is 1.87. The van der Waals surface area contributed by atoms with Crippen molar-refractivity contribution in [3.63, 3.8) is 0 Å². The van der Waals surface area contributed by atoms with Gasteiger partial charge in [0.25, 0.3) is 0 Å². The molecule has 0 N–H and O–H groups in total. The highest BCUT2D eigenvalue weighted by Crippen LogP contribution is 2.34. The molecule has 19 heavy (non-hydrogen) atoms. The molecule has 0 aromatic heterocycles. The first-order chi connectivity index (χ1) is 9.22. The highest BCUT2D eigenvalue weighted by molar-refractivity contribution is 5.99. The van der Waals surface area contributed by atoms with Crippen molar-refractivity contribution < 1.29 is 14.0 Å². The van der Waals surface area contributed by atoms with Crippen LogP contribution in [0, 0.1) is 5.92 Å². The highest BCUT2D eigenvalue weighted by Gasteiger charge is 2.41. The molecule has 2 bridgehead atoms. The molecule has 0 unspecified atom stereocenters. The Morgan fingerprint density at radius 1 is 1.21 bits per heavy atom. The molecule has 0 amide bonds. The number of rotatable bonds is 4. The van der Waals surface area contributed by atoms with Gasteiger partial charge < -0.3 is 9.22 Å². The Kier molecular flexibility index (Phi) is 3.31. The number of methoxy groups -OCH3 is 1. The Morgan fingerprint density at radius 3 is 2.47 bits per heavy atom. The average molecular weight is 260 g/mol. The summed E-state index contributed by atoms with van der Waals surface area (Å²) in [6.07, 6.45) is 3.91. The molecule has 3 fully saturated rings. The number of ether oxygens (including phenoxy) is 1. The van der Waals surface area contributed by atoms with Crippen LogP contribution in [0.3, 0.4) is 0 Å². The Bertz CT molecular complexity index is 462. The number of benzene rings is 1. The summed E-state index contributed by atoms with van der Waals surface area (Å²) in [7, 11) is 1.63. The number of ketones is 1. The second kappa shape index (κ2) is 4.97. The van der Waals surface area contributed by atoms with E-state index in [4.69, 9.17) is 4.74 Å². The van der Waals surface area contributed by atoms with E-state index < -0.39 is 0 Å². The maximum Gasteiger partial charge on any atom is 0.220 e. The smallest absolute Gasteiger partial charge is 0.220 e. The summed E-state index contributed by atoms with van der Waals surface area (Å²) in [4.78, 5) is 12.6. The fourth-order valence-electron chi connectivity index (χ4n) is 3.64. The molecular formula is C16H22NO2+. The number of Topliss-reactive ketones (excluding diaryl/α,β-unsaturated/α-hetero) is 1. The Labute approximate surface area is 114 Å². The molecule has 0 spiro atoms. The van der Waals surface area contributed by atoms with Gasteiger partial charge in [0.2, 0.25) is 5.78 Å². The molecule has 102 valence electrons. The molecule has 3 aliphatic rings. The molecule has 3 saturated heterocycles. The minimum absolute atomic E-state index is 0.234. The average Bonchev–Trinajstić information content (AvgIpc) is 2.48. The van der Waals surface area contributed by atoms with E-state index in [9.17, 15) is 4.79 Å². The predicted octanol–water partition coefficient (Wildman–Crippen LogP) is 2.51. The molecule has 4 rings (SSSR count). The van der Waals surface area contributed by atoms with E-state index in [1.165, 1.54) is 38.9 Å². The zero-order chi connectivity index (χ0) is 13.3. The van der Waals surface area contributed by atoms with Crippen LogP contribution in [0.1, 0.15) is 29.6 Å². The fourth-order valence-corrected chi connectivity index (χ4v) is 3.64. The molecule has 1 aromatic carbocycles. The summed E-state index contributed by atoms with van der Waals surface area (Å²) in [6, 6.07) is 7.58. The van der Waals surface area contributed by atoms with E-state index in [0.717, 1.165) is 16.0 Å². The van der Waals surface area contributed by atoms with Crippen LogP contribution in [0.25, 0.3) is 0 Å². The van der Waals surface area contributed by atoms with Crippen molar-refractivity contribution >= 4 is 5.78 Å². The van der Waals surface area contributed by atoms with Gasteiger partial charge in [0, 0.05) is 0 Å². The van der Waals surface area contributed by atoms with Gasteiger partial charge in [0.15, 0.2) is 0 Å². The van der Waals surface area contributed by atoms with Crippen LogP contribution in [0.5, 0.6) is 5.75 Å². The van der Waals surface area contributed by atoms with Crippen molar-refractivity contribution in [1.29, 1.82) is 0 Å². The SMILES string of the molecule is COc1ccccc1C(=O)C[N+]12CCC(CC1)CC2. The maximum atomic E-state index is 12.6. The molecule has 0 aliphatic carbocycles. The van der Waals surface area contributed by atoms with Gasteiger partial charge >= 0.3 is 0 Å². The van der Waals surface area contributed by atoms with Gasteiger partial charge in [-0.1, -0.05) is 12.1 Å². The van der Waals surface area contributed by atoms with Crippen molar-refractivity contribution in [3.05, 3.63) is 29.8 Å². The van der Waals surface area contributed by atoms with Gasteiger partial charge in [-0.3, -0.25) is 4.79 Å². The first kappa shape index (κ1) is 12.7. The quantitative estimate of drug-likeness (QED) is 0.614. The van der Waals surface area contributed by atoms with Gasteiger partial charge in [-0.25, -0.2) is 0 Å².